The maximum atomic E-state index is 15.0. The van der Waals surface area contributed by atoms with Crippen LogP contribution in [0.25, 0.3) is 11.1 Å². The number of nitrogens with one attached hydrogen (secondary N) is 6. The van der Waals surface area contributed by atoms with E-state index in [4.69, 9.17) is 14.2 Å². The molecule has 4 aromatic carbocycles. The Balaban J connectivity index is 0.948. The number of fused-ring (bicyclic) bond motifs is 2. The van der Waals surface area contributed by atoms with E-state index < -0.39 is 184 Å². The van der Waals surface area contributed by atoms with E-state index in [1.807, 2.05) is 24.3 Å². The van der Waals surface area contributed by atoms with Gasteiger partial charge < -0.3 is 111 Å². The lowest BCUT2D eigenvalue weighted by molar-refractivity contribution is -0.433. The number of aliphatic hydroxyl groups is 8. The van der Waals surface area contributed by atoms with Gasteiger partial charge in [-0.3, -0.25) is 33.6 Å². The number of morpholine rings is 1. The van der Waals surface area contributed by atoms with Gasteiger partial charge in [0.25, 0.3) is 18.2 Å². The lowest BCUT2D eigenvalue weighted by Crippen LogP contribution is -2.64. The highest BCUT2D eigenvalue weighted by atomic mass is 32.2. The Hall–Kier alpha value is -8.00. The molecule has 4 aromatic rings. The van der Waals surface area contributed by atoms with Crippen LogP contribution >= 0.6 is 12.3 Å². The average molecular weight is 1420 g/mol. The molecule has 5 aliphatic rings. The van der Waals surface area contributed by atoms with Gasteiger partial charge in [-0.2, -0.15) is 0 Å². The van der Waals surface area contributed by atoms with E-state index in [9.17, 15) is 74.7 Å². The predicted molar refractivity (Wildman–Crippen MR) is 362 cm³/mol. The molecule has 0 aliphatic carbocycles. The second kappa shape index (κ2) is 35.1. The van der Waals surface area contributed by atoms with Gasteiger partial charge in [-0.15, -0.1) is 0 Å². The number of benzene rings is 4. The lowest BCUT2D eigenvalue weighted by Gasteiger charge is -2.38. The third-order valence-electron chi connectivity index (χ3n) is 18.7. The number of amides is 7. The van der Waals surface area contributed by atoms with Crippen LogP contribution in [0.4, 0.5) is 17.1 Å². The molecule has 15 atom stereocenters. The fourth-order valence-corrected chi connectivity index (χ4v) is 13.5. The Bertz CT molecular complexity index is 3420. The van der Waals surface area contributed by atoms with Gasteiger partial charge in [-0.1, -0.05) is 46.6 Å². The Morgan fingerprint density at radius 3 is 1.83 bits per heavy atom. The van der Waals surface area contributed by atoms with Gasteiger partial charge in [0, 0.05) is 107 Å². The molecule has 32 nitrogen and oxygen atoms in total. The minimum Gasteiger partial charge on any atom is -0.504 e. The molecular formula is C67H91N11O21S. The molecule has 0 aromatic heterocycles. The molecule has 0 spiro atoms. The predicted octanol–water partition coefficient (Wildman–Crippen LogP) is -2.36. The van der Waals surface area contributed by atoms with Crippen molar-refractivity contribution in [2.24, 2.45) is 5.92 Å². The molecule has 0 saturated carbocycles. The Labute approximate surface area is 581 Å². The number of β-amino-alcohol motifs (C(OH)–C–C–N with tert-alkyl or cyclic N) is 1. The van der Waals surface area contributed by atoms with Crippen LogP contribution in [0, 0.1) is 5.92 Å². The first-order valence-corrected chi connectivity index (χ1v) is 34.0. The van der Waals surface area contributed by atoms with Crippen molar-refractivity contribution in [3.8, 4) is 22.6 Å². The highest BCUT2D eigenvalue weighted by Gasteiger charge is 2.50. The normalized spacial score (nSPS) is 27.1. The number of carbonyl (C=O) groups excluding carboxylic acids is 7. The molecule has 0 bridgehead atoms. The summed E-state index contributed by atoms with van der Waals surface area (Å²) in [5.41, 5.74) is 5.14. The number of phenols is 1. The van der Waals surface area contributed by atoms with E-state index in [0.29, 0.717) is 0 Å². The number of aromatic hydroxyl groups is 1. The fraction of sp³-hybridized carbons (Fsp3) is 0.537. The summed E-state index contributed by atoms with van der Waals surface area (Å²) in [5, 5.41) is 126. The second-order valence-corrected chi connectivity index (χ2v) is 26.6. The molecular weight excluding hydrogens is 1330 g/mol. The number of rotatable bonds is 21. The van der Waals surface area contributed by atoms with Crippen molar-refractivity contribution in [2.45, 2.75) is 145 Å². The number of phenolic OH excluding ortho intramolecular Hbond substituents is 1. The number of nitrogens with zero attached hydrogens (tertiary/aromatic N) is 5. The van der Waals surface area contributed by atoms with Crippen molar-refractivity contribution in [1.29, 1.82) is 0 Å². The topological polar surface area (TPSA) is 447 Å². The lowest BCUT2D eigenvalue weighted by atomic mass is 9.98. The van der Waals surface area contributed by atoms with Gasteiger partial charge in [0.1, 0.15) is 36.3 Å². The largest absolute Gasteiger partial charge is 0.504 e. The van der Waals surface area contributed by atoms with Crippen LogP contribution in [0.2, 0.25) is 0 Å². The van der Waals surface area contributed by atoms with Gasteiger partial charge in [0.05, 0.1) is 68.1 Å². The zero-order valence-electron chi connectivity index (χ0n) is 55.8. The van der Waals surface area contributed by atoms with Gasteiger partial charge in [-0.05, 0) is 111 Å². The minimum absolute atomic E-state index is 0.0599. The maximum absolute atomic E-state index is 15.0. The third-order valence-corrected chi connectivity index (χ3v) is 19.1. The first-order valence-electron chi connectivity index (χ1n) is 33.3. The molecule has 100 heavy (non-hydrogen) atoms. The number of anilines is 3. The van der Waals surface area contributed by atoms with Crippen molar-refractivity contribution in [2.75, 3.05) is 93.4 Å². The summed E-state index contributed by atoms with van der Waals surface area (Å²) < 4.78 is 15.3. The number of hydrogen-bond donors (Lipinski definition) is 16. The van der Waals surface area contributed by atoms with Crippen molar-refractivity contribution < 1.29 is 103 Å². The zero-order chi connectivity index (χ0) is 72.1. The average Bonchev–Trinajstić information content (AvgIpc) is 1.35. The molecule has 33 heteroatoms. The van der Waals surface area contributed by atoms with Crippen LogP contribution < -0.4 is 50.8 Å². The Kier molecular flexibility index (Phi) is 26.7. The molecule has 0 radical (unpaired) electrons. The van der Waals surface area contributed by atoms with E-state index in [1.54, 1.807) is 12.1 Å². The molecule has 7 amide bonds. The van der Waals surface area contributed by atoms with Crippen molar-refractivity contribution in [3.63, 3.8) is 0 Å². The number of hydrogen-bond acceptors (Lipinski definition) is 26. The molecule has 5 fully saturated rings. The van der Waals surface area contributed by atoms with E-state index in [-0.39, 0.29) is 54.5 Å². The fourth-order valence-electron chi connectivity index (χ4n) is 13.3. The van der Waals surface area contributed by atoms with Crippen molar-refractivity contribution in [3.05, 3.63) is 102 Å². The maximum Gasteiger partial charge on any atom is 0.261 e. The minimum atomic E-state index is -2.16. The summed E-state index contributed by atoms with van der Waals surface area (Å²) in [6, 6.07) is 14.5. The number of aliphatic hydroxyl groups excluding tert-OH is 8. The van der Waals surface area contributed by atoms with E-state index in [2.05, 4.69) is 94.1 Å². The van der Waals surface area contributed by atoms with Gasteiger partial charge in [-0.25, -0.2) is 5.26 Å². The van der Waals surface area contributed by atoms with E-state index in [1.165, 1.54) is 36.9 Å². The Morgan fingerprint density at radius 1 is 0.660 bits per heavy atom. The smallest absolute Gasteiger partial charge is 0.261 e. The zero-order valence-corrected chi connectivity index (χ0v) is 56.6. The second-order valence-electron chi connectivity index (χ2n) is 26.2. The SMILES string of the molecule is C[C@@H]1CN(c2ccc(N3CCN(c4ccc(-c5ccc(C(=O)N[C@H]6C[C@@H](O)CNC(=O)[C@@H]7[C@@H](O)[C@@H](C)CN7C(=O)[C@H]([C@H](O)CCNC(CO)CO)NC(=O)[C@H]([C@H](O)Cc7ccc(O)c(OSOOO)c7)NC(=O)[C@@H]7C[C@@H](O)CN7C(=O)[C@H]([C@@H](C)O)NC6=O)cc5)cc4)CC3)cc2)C[C@H](C)O1. The van der Waals surface area contributed by atoms with Crippen LogP contribution in [0.15, 0.2) is 91.0 Å². The Morgan fingerprint density at radius 2 is 1.23 bits per heavy atom. The van der Waals surface area contributed by atoms with Crippen LogP contribution in [0.5, 0.6) is 11.5 Å². The molecule has 5 saturated heterocycles. The van der Waals surface area contributed by atoms with Crippen LogP contribution in [0.1, 0.15) is 62.9 Å². The molecule has 546 valence electrons. The summed E-state index contributed by atoms with van der Waals surface area (Å²) in [4.78, 5) is 111. The number of carbonyl (C=O) groups is 7. The molecule has 5 heterocycles. The number of ether oxygens (including phenoxy) is 1. The van der Waals surface area contributed by atoms with Crippen LogP contribution in [0.3, 0.4) is 0 Å². The highest BCUT2D eigenvalue weighted by Crippen LogP contribution is 2.33. The first-order chi connectivity index (χ1) is 47.8. The van der Waals surface area contributed by atoms with Gasteiger partial charge in [0.15, 0.2) is 11.5 Å². The van der Waals surface area contributed by atoms with Crippen molar-refractivity contribution in [1.82, 2.24) is 41.7 Å². The molecule has 9 rings (SSSR count). The molecule has 16 N–H and O–H groups in total. The summed E-state index contributed by atoms with van der Waals surface area (Å²) in [5.74, 6) is -9.52. The molecule has 0 unspecified atom stereocenters. The van der Waals surface area contributed by atoms with Gasteiger partial charge in [0.2, 0.25) is 35.4 Å². The summed E-state index contributed by atoms with van der Waals surface area (Å²) in [6.45, 7) is 8.85. The quantitative estimate of drug-likeness (QED) is 0.0180. The summed E-state index contributed by atoms with van der Waals surface area (Å²) in [6.07, 6.45) is -12.3. The van der Waals surface area contributed by atoms with E-state index in [0.717, 1.165) is 84.6 Å². The van der Waals surface area contributed by atoms with Crippen LogP contribution in [-0.4, -0.2) is 272 Å². The monoisotopic (exact) mass is 1420 g/mol. The van der Waals surface area contributed by atoms with Crippen LogP contribution in [-0.2, 0) is 49.3 Å². The standard InChI is InChI=1S/C67H91N11O21S/c1-36-30-78-59(60(36)87)65(92)69-29-48(82)27-50(70-61(88)43-8-6-41(7-9-43)42-10-12-45(13-11-42)74-21-23-75(24-22-74)46-14-16-47(17-15-46)76-31-37(2)96-38(3)32-76)62(89)71-56(39(4)81)66(93)77-33-49(83)28-51(77)63(90)72-57(54(86)25-40-5-18-52(84)55(26-40)97-100-99-98-95)64(91)73-58(67(78)94)53(85)19-20-68-44(34-79)35-80/h5-18,26,36-39,44,48-51,53-54,56-60,68,79-87,95H,19-25,27-35H2,1-4H3,(H,69,92)(H,70,88)(H,71,89)(H,72,90)(H,73,91)/t36-,37-,38+,39+,48+,49+,50-,51-,53+,54+,56-,57-,58-,59-,60-/m0/s1. The number of piperazine rings is 1. The summed E-state index contributed by atoms with van der Waals surface area (Å²) >= 11 is 0.0698. The molecule has 5 aliphatic heterocycles. The summed E-state index contributed by atoms with van der Waals surface area (Å²) in [7, 11) is 0. The highest BCUT2D eigenvalue weighted by molar-refractivity contribution is 7.90. The van der Waals surface area contributed by atoms with Gasteiger partial charge >= 0.3 is 0 Å². The van der Waals surface area contributed by atoms with E-state index >= 15 is 4.79 Å². The first kappa shape index (κ1) is 76.2. The van der Waals surface area contributed by atoms with Crippen molar-refractivity contribution >= 4 is 70.7 Å². The third kappa shape index (κ3) is 19.1.